The number of aliphatic carboxylic acids is 1. The second kappa shape index (κ2) is 3.41. The zero-order chi connectivity index (χ0) is 14.1. The molecule has 4 rings (SSSR count). The minimum Gasteiger partial charge on any atom is -0.478 e. The zero-order valence-electron chi connectivity index (χ0n) is 11.6. The SMILES string of the molecule is CC(=CC12CC3(C)CC(O)(CC(O)(C3)C1)C2)C(=O)O. The van der Waals surface area contributed by atoms with E-state index in [1.807, 2.05) is 0 Å². The number of hydrogen-bond donors (Lipinski definition) is 3. The quantitative estimate of drug-likeness (QED) is 0.667. The maximum absolute atomic E-state index is 11.1. The maximum Gasteiger partial charge on any atom is 0.330 e. The van der Waals surface area contributed by atoms with E-state index in [0.717, 1.165) is 19.3 Å². The summed E-state index contributed by atoms with van der Waals surface area (Å²) in [5.41, 5.74) is -1.76. The standard InChI is InChI=1S/C15H22O4/c1-10(11(16)17)3-13-4-12(2)5-14(18,7-13)9-15(19,6-12)8-13/h3,18-19H,4-9H2,1-2H3,(H,16,17). The molecule has 3 N–H and O–H groups in total. The van der Waals surface area contributed by atoms with Gasteiger partial charge in [-0.05, 0) is 49.9 Å². The second-order valence-electron chi connectivity index (χ2n) is 7.81. The summed E-state index contributed by atoms with van der Waals surface area (Å²) < 4.78 is 0. The molecule has 4 heteroatoms. The Labute approximate surface area is 113 Å². The van der Waals surface area contributed by atoms with Gasteiger partial charge in [0, 0.05) is 12.0 Å². The highest BCUT2D eigenvalue weighted by molar-refractivity contribution is 5.85. The Morgan fingerprint density at radius 2 is 1.53 bits per heavy atom. The Balaban J connectivity index is 2.04. The highest BCUT2D eigenvalue weighted by Gasteiger charge is 2.65. The van der Waals surface area contributed by atoms with Crippen LogP contribution >= 0.6 is 0 Å². The van der Waals surface area contributed by atoms with Gasteiger partial charge >= 0.3 is 5.97 Å². The molecule has 4 bridgehead atoms. The number of aliphatic hydroxyl groups is 2. The van der Waals surface area contributed by atoms with Crippen LogP contribution in [0.3, 0.4) is 0 Å². The summed E-state index contributed by atoms with van der Waals surface area (Å²) in [6, 6.07) is 0. The van der Waals surface area contributed by atoms with Gasteiger partial charge in [-0.1, -0.05) is 13.0 Å². The van der Waals surface area contributed by atoms with Crippen LogP contribution in [-0.2, 0) is 4.79 Å². The lowest BCUT2D eigenvalue weighted by Crippen LogP contribution is -2.65. The molecule has 0 amide bonds. The molecule has 0 aliphatic heterocycles. The van der Waals surface area contributed by atoms with Gasteiger partial charge in [-0.2, -0.15) is 0 Å². The van der Waals surface area contributed by atoms with Crippen LogP contribution in [0, 0.1) is 10.8 Å². The van der Waals surface area contributed by atoms with Crippen molar-refractivity contribution in [3.05, 3.63) is 11.6 Å². The van der Waals surface area contributed by atoms with Crippen molar-refractivity contribution < 1.29 is 20.1 Å². The highest BCUT2D eigenvalue weighted by atomic mass is 16.4. The third-order valence-corrected chi connectivity index (χ3v) is 5.17. The molecule has 0 saturated heterocycles. The molecule has 4 saturated carbocycles. The Kier molecular flexibility index (Phi) is 2.36. The number of carboxylic acids is 1. The summed E-state index contributed by atoms with van der Waals surface area (Å²) >= 11 is 0. The number of carbonyl (C=O) groups is 1. The molecule has 2 unspecified atom stereocenters. The molecule has 4 fully saturated rings. The fraction of sp³-hybridized carbons (Fsp3) is 0.800. The van der Waals surface area contributed by atoms with Crippen LogP contribution in [0.4, 0.5) is 0 Å². The molecule has 0 radical (unpaired) electrons. The van der Waals surface area contributed by atoms with Crippen molar-refractivity contribution in [2.24, 2.45) is 10.8 Å². The van der Waals surface area contributed by atoms with Crippen molar-refractivity contribution in [3.8, 4) is 0 Å². The molecule has 2 atom stereocenters. The van der Waals surface area contributed by atoms with Crippen LogP contribution in [0.15, 0.2) is 11.6 Å². The van der Waals surface area contributed by atoms with Gasteiger partial charge in [-0.15, -0.1) is 0 Å². The van der Waals surface area contributed by atoms with Crippen molar-refractivity contribution in [1.82, 2.24) is 0 Å². The van der Waals surface area contributed by atoms with Crippen LogP contribution < -0.4 is 0 Å². The number of carboxylic acid groups (broad SMARTS) is 1. The minimum absolute atomic E-state index is 0.0759. The van der Waals surface area contributed by atoms with Crippen molar-refractivity contribution >= 4 is 5.97 Å². The van der Waals surface area contributed by atoms with E-state index >= 15 is 0 Å². The first-order valence-corrected chi connectivity index (χ1v) is 6.94. The molecule has 0 aromatic carbocycles. The Morgan fingerprint density at radius 1 is 1.00 bits per heavy atom. The molecule has 4 nitrogen and oxygen atoms in total. The molecule has 0 aromatic heterocycles. The van der Waals surface area contributed by atoms with Crippen molar-refractivity contribution in [3.63, 3.8) is 0 Å². The lowest BCUT2D eigenvalue weighted by Gasteiger charge is -2.66. The van der Waals surface area contributed by atoms with Gasteiger partial charge < -0.3 is 15.3 Å². The maximum atomic E-state index is 11.1. The van der Waals surface area contributed by atoms with Crippen molar-refractivity contribution in [1.29, 1.82) is 0 Å². The van der Waals surface area contributed by atoms with Gasteiger partial charge in [0.25, 0.3) is 0 Å². The second-order valence-corrected chi connectivity index (χ2v) is 7.81. The van der Waals surface area contributed by atoms with Crippen LogP contribution in [0.2, 0.25) is 0 Å². The van der Waals surface area contributed by atoms with E-state index in [1.165, 1.54) is 0 Å². The normalized spacial score (nSPS) is 52.5. The van der Waals surface area contributed by atoms with E-state index in [2.05, 4.69) is 6.92 Å². The lowest BCUT2D eigenvalue weighted by molar-refractivity contribution is -0.244. The van der Waals surface area contributed by atoms with Gasteiger partial charge in [0.15, 0.2) is 0 Å². The first-order valence-electron chi connectivity index (χ1n) is 6.94. The van der Waals surface area contributed by atoms with Crippen LogP contribution in [0.5, 0.6) is 0 Å². The topological polar surface area (TPSA) is 77.8 Å². The molecular weight excluding hydrogens is 244 g/mol. The smallest absolute Gasteiger partial charge is 0.330 e. The molecular formula is C15H22O4. The zero-order valence-corrected chi connectivity index (χ0v) is 11.6. The fourth-order valence-electron chi connectivity index (χ4n) is 5.79. The third kappa shape index (κ3) is 2.01. The molecule has 0 heterocycles. The third-order valence-electron chi connectivity index (χ3n) is 5.17. The summed E-state index contributed by atoms with van der Waals surface area (Å²) in [6.07, 6.45) is 5.73. The molecule has 4 aliphatic carbocycles. The van der Waals surface area contributed by atoms with Crippen molar-refractivity contribution in [2.75, 3.05) is 0 Å². The fourth-order valence-corrected chi connectivity index (χ4v) is 5.79. The van der Waals surface area contributed by atoms with Gasteiger partial charge in [-0.25, -0.2) is 4.79 Å². The first-order chi connectivity index (χ1) is 8.57. The summed E-state index contributed by atoms with van der Waals surface area (Å²) in [7, 11) is 0. The van der Waals surface area contributed by atoms with E-state index in [1.54, 1.807) is 13.0 Å². The average molecular weight is 266 g/mol. The van der Waals surface area contributed by atoms with Crippen molar-refractivity contribution in [2.45, 2.75) is 63.6 Å². The molecule has 4 aliphatic rings. The van der Waals surface area contributed by atoms with E-state index in [0.29, 0.717) is 24.8 Å². The number of hydrogen-bond acceptors (Lipinski definition) is 3. The van der Waals surface area contributed by atoms with Gasteiger partial charge in [0.1, 0.15) is 0 Å². The Bertz CT molecular complexity index is 425. The van der Waals surface area contributed by atoms with Gasteiger partial charge in [-0.3, -0.25) is 0 Å². The summed E-state index contributed by atoms with van der Waals surface area (Å²) in [5.74, 6) is -0.917. The molecule has 0 spiro atoms. The van der Waals surface area contributed by atoms with Crippen LogP contribution in [0.1, 0.15) is 52.4 Å². The van der Waals surface area contributed by atoms with Crippen LogP contribution in [-0.4, -0.2) is 32.5 Å². The molecule has 0 aromatic rings. The van der Waals surface area contributed by atoms with E-state index in [-0.39, 0.29) is 10.8 Å². The van der Waals surface area contributed by atoms with E-state index in [4.69, 9.17) is 5.11 Å². The minimum atomic E-state index is -0.917. The van der Waals surface area contributed by atoms with E-state index < -0.39 is 17.2 Å². The Morgan fingerprint density at radius 3 is 1.95 bits per heavy atom. The van der Waals surface area contributed by atoms with Crippen LogP contribution in [0.25, 0.3) is 0 Å². The predicted octanol–water partition coefficient (Wildman–Crippen LogP) is 1.85. The number of allylic oxidation sites excluding steroid dienone is 1. The summed E-state index contributed by atoms with van der Waals surface area (Å²) in [4.78, 5) is 11.1. The Hall–Kier alpha value is -0.870. The number of rotatable bonds is 2. The van der Waals surface area contributed by atoms with Gasteiger partial charge in [0.05, 0.1) is 11.2 Å². The molecule has 106 valence electrons. The lowest BCUT2D eigenvalue weighted by atomic mass is 9.41. The van der Waals surface area contributed by atoms with Gasteiger partial charge in [0.2, 0.25) is 0 Å². The molecule has 19 heavy (non-hydrogen) atoms. The first kappa shape index (κ1) is 13.1. The highest BCUT2D eigenvalue weighted by Crippen LogP contribution is 2.68. The summed E-state index contributed by atoms with van der Waals surface area (Å²) in [6.45, 7) is 3.70. The average Bonchev–Trinajstić information content (AvgIpc) is 2.07. The van der Waals surface area contributed by atoms with E-state index in [9.17, 15) is 15.0 Å². The predicted molar refractivity (Wildman–Crippen MR) is 69.5 cm³/mol. The summed E-state index contributed by atoms with van der Waals surface area (Å²) in [5, 5.41) is 30.5. The largest absolute Gasteiger partial charge is 0.478 e. The monoisotopic (exact) mass is 266 g/mol.